The van der Waals surface area contributed by atoms with E-state index in [0.29, 0.717) is 11.3 Å². The summed E-state index contributed by atoms with van der Waals surface area (Å²) in [5.41, 5.74) is 1.32. The number of anilines is 1. The number of hydrogen-bond donors (Lipinski definition) is 1. The van der Waals surface area contributed by atoms with Crippen LogP contribution in [0.3, 0.4) is 0 Å². The van der Waals surface area contributed by atoms with Crippen LogP contribution in [0.1, 0.15) is 23.2 Å². The van der Waals surface area contributed by atoms with Crippen LogP contribution in [0.4, 0.5) is 5.69 Å². The van der Waals surface area contributed by atoms with Gasteiger partial charge in [-0.3, -0.25) is 9.78 Å². The molecule has 1 aliphatic carbocycles. The van der Waals surface area contributed by atoms with Crippen molar-refractivity contribution in [2.24, 2.45) is 0 Å². The number of nitrogens with one attached hydrogen (secondary N) is 1. The van der Waals surface area contributed by atoms with E-state index < -0.39 is 0 Å². The van der Waals surface area contributed by atoms with Gasteiger partial charge in [0, 0.05) is 27.3 Å². The topological polar surface area (TPSA) is 54.5 Å². The molecule has 17 heavy (non-hydrogen) atoms. The van der Waals surface area contributed by atoms with Crippen LogP contribution >= 0.6 is 0 Å². The Bertz CT molecular complexity index is 428. The highest BCUT2D eigenvalue weighted by molar-refractivity contribution is 5.98. The van der Waals surface area contributed by atoms with Crippen LogP contribution in [0.5, 0.6) is 5.75 Å². The highest BCUT2D eigenvalue weighted by Crippen LogP contribution is 2.35. The number of carbonyl (C=O) groups is 1. The molecule has 0 spiro atoms. The summed E-state index contributed by atoms with van der Waals surface area (Å²) < 4.78 is 5.83. The molecule has 5 heteroatoms. The average molecular weight is 235 g/mol. The number of carbonyl (C=O) groups excluding carboxylic acids is 1. The molecule has 2 rings (SSSR count). The van der Waals surface area contributed by atoms with Gasteiger partial charge in [-0.25, -0.2) is 0 Å². The number of amides is 1. The summed E-state index contributed by atoms with van der Waals surface area (Å²) in [6.45, 7) is 0. The summed E-state index contributed by atoms with van der Waals surface area (Å²) in [6.07, 6.45) is 5.62. The molecule has 0 aliphatic heterocycles. The molecular formula is C12H17N3O2. The first kappa shape index (κ1) is 11.7. The molecule has 1 aromatic rings. The van der Waals surface area contributed by atoms with Gasteiger partial charge in [0.15, 0.2) is 5.75 Å². The van der Waals surface area contributed by atoms with Crippen molar-refractivity contribution >= 4 is 11.6 Å². The molecule has 0 bridgehead atoms. The predicted octanol–water partition coefficient (Wildman–Crippen LogP) is 1.05. The molecule has 0 unspecified atom stereocenters. The zero-order valence-corrected chi connectivity index (χ0v) is 10.4. The molecule has 0 aromatic carbocycles. The first-order valence-corrected chi connectivity index (χ1v) is 5.67. The van der Waals surface area contributed by atoms with Crippen LogP contribution in [0.2, 0.25) is 0 Å². The van der Waals surface area contributed by atoms with E-state index in [1.165, 1.54) is 0 Å². The Balaban J connectivity index is 2.41. The molecule has 1 N–H and O–H groups in total. The number of nitrogens with zero attached hydrogens (tertiary/aromatic N) is 2. The smallest absolute Gasteiger partial charge is 0.256 e. The van der Waals surface area contributed by atoms with Crippen LogP contribution in [0.25, 0.3) is 0 Å². The Labute approximate surface area is 101 Å². The van der Waals surface area contributed by atoms with E-state index in [1.54, 1.807) is 19.4 Å². The summed E-state index contributed by atoms with van der Waals surface area (Å²) in [5.74, 6) is 0.462. The van der Waals surface area contributed by atoms with Gasteiger partial charge in [-0.15, -0.1) is 0 Å². The van der Waals surface area contributed by atoms with Crippen molar-refractivity contribution < 1.29 is 9.53 Å². The van der Waals surface area contributed by atoms with E-state index in [4.69, 9.17) is 4.74 Å². The van der Waals surface area contributed by atoms with E-state index in [2.05, 4.69) is 10.3 Å². The van der Waals surface area contributed by atoms with Gasteiger partial charge in [0.2, 0.25) is 0 Å². The van der Waals surface area contributed by atoms with E-state index in [1.807, 2.05) is 19.0 Å². The third kappa shape index (κ3) is 2.49. The molecule has 1 fully saturated rings. The fourth-order valence-electron chi connectivity index (χ4n) is 1.53. The summed E-state index contributed by atoms with van der Waals surface area (Å²) >= 11 is 0. The fraction of sp³-hybridized carbons (Fsp3) is 0.500. The van der Waals surface area contributed by atoms with Crippen LogP contribution in [-0.2, 0) is 0 Å². The number of pyridine rings is 1. The number of ether oxygens (including phenoxy) is 1. The molecule has 1 heterocycles. The van der Waals surface area contributed by atoms with Crippen LogP contribution in [0, 0.1) is 0 Å². The van der Waals surface area contributed by atoms with Crippen LogP contribution in [-0.4, -0.2) is 38.1 Å². The summed E-state index contributed by atoms with van der Waals surface area (Å²) in [7, 11) is 5.42. The zero-order valence-electron chi connectivity index (χ0n) is 10.4. The quantitative estimate of drug-likeness (QED) is 0.847. The Hall–Kier alpha value is -1.78. The largest absolute Gasteiger partial charge is 0.487 e. The molecule has 1 aromatic heterocycles. The lowest BCUT2D eigenvalue weighted by atomic mass is 10.2. The van der Waals surface area contributed by atoms with Gasteiger partial charge in [0.05, 0.1) is 18.0 Å². The summed E-state index contributed by atoms with van der Waals surface area (Å²) in [6, 6.07) is 0. The zero-order chi connectivity index (χ0) is 12.4. The van der Waals surface area contributed by atoms with E-state index >= 15 is 0 Å². The van der Waals surface area contributed by atoms with Crippen LogP contribution < -0.4 is 15.0 Å². The molecule has 1 aliphatic rings. The third-order valence-corrected chi connectivity index (χ3v) is 2.64. The van der Waals surface area contributed by atoms with Crippen molar-refractivity contribution in [1.82, 2.24) is 10.3 Å². The summed E-state index contributed by atoms with van der Waals surface area (Å²) in [4.78, 5) is 17.7. The Morgan fingerprint density at radius 2 is 2.18 bits per heavy atom. The molecule has 0 saturated heterocycles. The van der Waals surface area contributed by atoms with Gasteiger partial charge in [0.25, 0.3) is 5.91 Å². The number of hydrogen-bond acceptors (Lipinski definition) is 4. The standard InChI is InChI=1S/C12H17N3O2/c1-13-12(16)9-6-14-7-10(15(2)3)11(9)17-8-4-5-8/h6-8H,4-5H2,1-3H3,(H,13,16). The Morgan fingerprint density at radius 3 is 2.71 bits per heavy atom. The van der Waals surface area contributed by atoms with Crippen molar-refractivity contribution in [2.75, 3.05) is 26.0 Å². The lowest BCUT2D eigenvalue weighted by Gasteiger charge is -2.19. The first-order chi connectivity index (χ1) is 8.13. The van der Waals surface area contributed by atoms with E-state index in [9.17, 15) is 4.79 Å². The molecular weight excluding hydrogens is 218 g/mol. The van der Waals surface area contributed by atoms with Gasteiger partial charge in [-0.1, -0.05) is 0 Å². The van der Waals surface area contributed by atoms with Crippen molar-refractivity contribution in [3.63, 3.8) is 0 Å². The van der Waals surface area contributed by atoms with Crippen LogP contribution in [0.15, 0.2) is 12.4 Å². The highest BCUT2D eigenvalue weighted by atomic mass is 16.5. The van der Waals surface area contributed by atoms with Crippen molar-refractivity contribution in [1.29, 1.82) is 0 Å². The van der Waals surface area contributed by atoms with Crippen molar-refractivity contribution in [2.45, 2.75) is 18.9 Å². The average Bonchev–Trinajstić information content (AvgIpc) is 3.12. The van der Waals surface area contributed by atoms with Crippen molar-refractivity contribution in [3.8, 4) is 5.75 Å². The number of aromatic nitrogens is 1. The normalized spacial score (nSPS) is 14.3. The van der Waals surface area contributed by atoms with Gasteiger partial charge in [-0.05, 0) is 12.8 Å². The maximum Gasteiger partial charge on any atom is 0.256 e. The molecule has 92 valence electrons. The monoisotopic (exact) mass is 235 g/mol. The minimum absolute atomic E-state index is 0.170. The second kappa shape index (κ2) is 4.61. The molecule has 0 atom stereocenters. The molecule has 1 saturated carbocycles. The second-order valence-electron chi connectivity index (χ2n) is 4.33. The predicted molar refractivity (Wildman–Crippen MR) is 65.6 cm³/mol. The van der Waals surface area contributed by atoms with Crippen molar-refractivity contribution in [3.05, 3.63) is 18.0 Å². The van der Waals surface area contributed by atoms with Gasteiger partial charge >= 0.3 is 0 Å². The maximum absolute atomic E-state index is 11.8. The van der Waals surface area contributed by atoms with E-state index in [0.717, 1.165) is 18.5 Å². The highest BCUT2D eigenvalue weighted by Gasteiger charge is 2.27. The minimum atomic E-state index is -0.170. The molecule has 0 radical (unpaired) electrons. The third-order valence-electron chi connectivity index (χ3n) is 2.64. The van der Waals surface area contributed by atoms with E-state index in [-0.39, 0.29) is 12.0 Å². The Kier molecular flexibility index (Phi) is 3.17. The lowest BCUT2D eigenvalue weighted by molar-refractivity contribution is 0.0958. The molecule has 5 nitrogen and oxygen atoms in total. The first-order valence-electron chi connectivity index (χ1n) is 5.67. The van der Waals surface area contributed by atoms with Gasteiger partial charge < -0.3 is 15.0 Å². The molecule has 1 amide bonds. The Morgan fingerprint density at radius 1 is 1.47 bits per heavy atom. The summed E-state index contributed by atoms with van der Waals surface area (Å²) in [5, 5.41) is 2.60. The minimum Gasteiger partial charge on any atom is -0.487 e. The second-order valence-corrected chi connectivity index (χ2v) is 4.33. The fourth-order valence-corrected chi connectivity index (χ4v) is 1.53. The number of rotatable bonds is 4. The lowest BCUT2D eigenvalue weighted by Crippen LogP contribution is -2.21. The SMILES string of the molecule is CNC(=O)c1cncc(N(C)C)c1OC1CC1. The van der Waals surface area contributed by atoms with Gasteiger partial charge in [-0.2, -0.15) is 0 Å². The maximum atomic E-state index is 11.8. The van der Waals surface area contributed by atoms with Gasteiger partial charge in [0.1, 0.15) is 5.56 Å².